The zero-order valence-electron chi connectivity index (χ0n) is 24.3. The average Bonchev–Trinajstić information content (AvgIpc) is 3.32. The fourth-order valence-corrected chi connectivity index (χ4v) is 5.15. The molecule has 2 amide bonds. The maximum atomic E-state index is 12.7. The third-order valence-corrected chi connectivity index (χ3v) is 7.44. The molecule has 3 aromatic carbocycles. The third kappa shape index (κ3) is 6.45. The number of imide groups is 1. The lowest BCUT2D eigenvalue weighted by molar-refractivity contribution is 0.0655. The van der Waals surface area contributed by atoms with E-state index in [9.17, 15) is 9.59 Å². The minimum absolute atomic E-state index is 0.0659. The Morgan fingerprint density at radius 2 is 1.36 bits per heavy atom. The molecular formula is C34H32N8O2. The number of carbonyl (C=O) groups excluding carboxylic acids is 2. The van der Waals surface area contributed by atoms with Gasteiger partial charge in [-0.15, -0.1) is 0 Å². The lowest BCUT2D eigenvalue weighted by Crippen LogP contribution is -2.40. The van der Waals surface area contributed by atoms with Crippen molar-refractivity contribution in [2.24, 2.45) is 0 Å². The molecule has 0 radical (unpaired) electrons. The number of hydrogen-bond acceptors (Lipinski definition) is 9. The van der Waals surface area contributed by atoms with Crippen LogP contribution in [0.1, 0.15) is 26.3 Å². The van der Waals surface area contributed by atoms with E-state index in [0.717, 1.165) is 17.5 Å². The van der Waals surface area contributed by atoms with E-state index in [1.54, 1.807) is 36.7 Å². The van der Waals surface area contributed by atoms with Gasteiger partial charge in [-0.05, 0) is 36.2 Å². The molecule has 0 saturated carbocycles. The Labute approximate surface area is 255 Å². The summed E-state index contributed by atoms with van der Waals surface area (Å²) in [5.74, 6) is 2.00. The van der Waals surface area contributed by atoms with Crippen LogP contribution in [0.5, 0.6) is 0 Å². The Bertz CT molecular complexity index is 1710. The first-order valence-corrected chi connectivity index (χ1v) is 14.5. The molecule has 44 heavy (non-hydrogen) atoms. The minimum Gasteiger partial charge on any atom is -0.350 e. The van der Waals surface area contributed by atoms with Gasteiger partial charge in [-0.25, -0.2) is 15.0 Å². The van der Waals surface area contributed by atoms with Crippen LogP contribution < -0.4 is 15.5 Å². The number of carbonyl (C=O) groups is 2. The summed E-state index contributed by atoms with van der Waals surface area (Å²) >= 11 is 0. The van der Waals surface area contributed by atoms with Gasteiger partial charge >= 0.3 is 0 Å². The van der Waals surface area contributed by atoms with E-state index in [2.05, 4.69) is 32.7 Å². The summed E-state index contributed by atoms with van der Waals surface area (Å²) in [6.45, 7) is 1.30. The molecule has 0 saturated heterocycles. The van der Waals surface area contributed by atoms with Crippen molar-refractivity contribution in [1.82, 2.24) is 30.2 Å². The number of amides is 2. The van der Waals surface area contributed by atoms with Crippen molar-refractivity contribution in [3.63, 3.8) is 0 Å². The summed E-state index contributed by atoms with van der Waals surface area (Å²) < 4.78 is 0. The largest absolute Gasteiger partial charge is 0.350 e. The normalized spacial score (nSPS) is 13.1. The Hall–Kier alpha value is -5.48. The van der Waals surface area contributed by atoms with Crippen molar-refractivity contribution in [3.05, 3.63) is 126 Å². The first-order chi connectivity index (χ1) is 21.6. The molecule has 0 spiro atoms. The van der Waals surface area contributed by atoms with Crippen molar-refractivity contribution in [1.29, 1.82) is 0 Å². The van der Waals surface area contributed by atoms with Gasteiger partial charge in [0.15, 0.2) is 5.82 Å². The molecule has 0 unspecified atom stereocenters. The molecule has 10 heteroatoms. The summed E-state index contributed by atoms with van der Waals surface area (Å²) in [6, 6.07) is 30.6. The monoisotopic (exact) mass is 584 g/mol. The van der Waals surface area contributed by atoms with Crippen LogP contribution in [-0.2, 0) is 6.42 Å². The first kappa shape index (κ1) is 28.6. The second-order valence-corrected chi connectivity index (χ2v) is 10.4. The second-order valence-electron chi connectivity index (χ2n) is 10.4. The van der Waals surface area contributed by atoms with E-state index in [1.807, 2.05) is 72.6 Å². The average molecular weight is 585 g/mol. The summed E-state index contributed by atoms with van der Waals surface area (Å²) in [4.78, 5) is 47.1. The second kappa shape index (κ2) is 13.2. The number of nitrogens with zero attached hydrogens (tertiary/aromatic N) is 6. The van der Waals surface area contributed by atoms with Crippen LogP contribution >= 0.6 is 0 Å². The highest BCUT2D eigenvalue weighted by molar-refractivity contribution is 6.21. The SMILES string of the molecule is CN(c1ccnc(N[C@@H](CNCCN2C(=O)c3ccccc3C2=O)Cc2ccccc2)n1)c1ccnc(-c2ccccc2)n1. The predicted octanol–water partition coefficient (Wildman–Crippen LogP) is 4.61. The van der Waals surface area contributed by atoms with E-state index in [-0.39, 0.29) is 24.4 Å². The molecule has 0 aliphatic carbocycles. The summed E-state index contributed by atoms with van der Waals surface area (Å²) in [6.07, 6.45) is 4.18. The van der Waals surface area contributed by atoms with Gasteiger partial charge in [0, 0.05) is 50.7 Å². The third-order valence-electron chi connectivity index (χ3n) is 7.44. The van der Waals surface area contributed by atoms with Gasteiger partial charge in [0.05, 0.1) is 11.1 Å². The lowest BCUT2D eigenvalue weighted by Gasteiger charge is -2.22. The van der Waals surface area contributed by atoms with Crippen molar-refractivity contribution in [2.45, 2.75) is 12.5 Å². The van der Waals surface area contributed by atoms with E-state index in [1.165, 1.54) is 4.90 Å². The summed E-state index contributed by atoms with van der Waals surface area (Å²) in [5.41, 5.74) is 3.02. The highest BCUT2D eigenvalue weighted by Crippen LogP contribution is 2.24. The van der Waals surface area contributed by atoms with Gasteiger partial charge in [-0.1, -0.05) is 72.8 Å². The molecular weight excluding hydrogens is 552 g/mol. The standard InChI is InChI=1S/C34H32N8O2/c1-41(29-16-18-36-31(39-29)25-12-6-3-7-13-25)30-17-19-37-34(40-30)38-26(22-24-10-4-2-5-11-24)23-35-20-21-42-32(43)27-14-8-9-15-28(27)33(42)44/h2-19,26,35H,20-23H2,1H3,(H,37,38,40)/t26-/m1/s1. The highest BCUT2D eigenvalue weighted by Gasteiger charge is 2.34. The Balaban J connectivity index is 1.12. The predicted molar refractivity (Wildman–Crippen MR) is 170 cm³/mol. The van der Waals surface area contributed by atoms with Gasteiger partial charge in [0.25, 0.3) is 11.8 Å². The zero-order valence-corrected chi connectivity index (χ0v) is 24.3. The number of anilines is 3. The number of hydrogen-bond donors (Lipinski definition) is 2. The molecule has 2 aromatic heterocycles. The van der Waals surface area contributed by atoms with Gasteiger partial charge in [0.1, 0.15) is 11.6 Å². The Morgan fingerprint density at radius 3 is 2.07 bits per heavy atom. The maximum Gasteiger partial charge on any atom is 0.261 e. The van der Waals surface area contributed by atoms with Crippen LogP contribution in [0, 0.1) is 0 Å². The lowest BCUT2D eigenvalue weighted by atomic mass is 10.1. The molecule has 3 heterocycles. The number of fused-ring (bicyclic) bond motifs is 1. The Morgan fingerprint density at radius 1 is 0.750 bits per heavy atom. The molecule has 5 aromatic rings. The van der Waals surface area contributed by atoms with Crippen LogP contribution in [-0.4, -0.2) is 69.4 Å². The van der Waals surface area contributed by atoms with Gasteiger partial charge < -0.3 is 15.5 Å². The molecule has 10 nitrogen and oxygen atoms in total. The fourth-order valence-electron chi connectivity index (χ4n) is 5.15. The molecule has 1 aliphatic heterocycles. The fraction of sp³-hybridized carbons (Fsp3) is 0.176. The van der Waals surface area contributed by atoms with E-state index in [4.69, 9.17) is 9.97 Å². The van der Waals surface area contributed by atoms with Crippen molar-refractivity contribution in [2.75, 3.05) is 36.9 Å². The van der Waals surface area contributed by atoms with Gasteiger partial charge in [-0.2, -0.15) is 4.98 Å². The topological polar surface area (TPSA) is 116 Å². The summed E-state index contributed by atoms with van der Waals surface area (Å²) in [7, 11) is 1.91. The molecule has 220 valence electrons. The van der Waals surface area contributed by atoms with E-state index >= 15 is 0 Å². The number of benzene rings is 3. The van der Waals surface area contributed by atoms with Gasteiger partial charge in [0.2, 0.25) is 5.95 Å². The summed E-state index contributed by atoms with van der Waals surface area (Å²) in [5, 5.41) is 6.89. The molecule has 1 aliphatic rings. The highest BCUT2D eigenvalue weighted by atomic mass is 16.2. The van der Waals surface area contributed by atoms with Crippen LogP contribution in [0.25, 0.3) is 11.4 Å². The molecule has 6 rings (SSSR count). The van der Waals surface area contributed by atoms with Crippen LogP contribution in [0.4, 0.5) is 17.6 Å². The van der Waals surface area contributed by atoms with Crippen LogP contribution in [0.15, 0.2) is 109 Å². The minimum atomic E-state index is -0.250. The first-order valence-electron chi connectivity index (χ1n) is 14.5. The smallest absolute Gasteiger partial charge is 0.261 e. The molecule has 1 atom stereocenters. The van der Waals surface area contributed by atoms with Crippen molar-refractivity contribution >= 4 is 29.4 Å². The number of aromatic nitrogens is 4. The zero-order chi connectivity index (χ0) is 30.3. The molecule has 0 fully saturated rings. The van der Waals surface area contributed by atoms with Crippen LogP contribution in [0.2, 0.25) is 0 Å². The van der Waals surface area contributed by atoms with Gasteiger partial charge in [-0.3, -0.25) is 14.5 Å². The molecule has 0 bridgehead atoms. The molecule has 2 N–H and O–H groups in total. The van der Waals surface area contributed by atoms with Crippen molar-refractivity contribution < 1.29 is 9.59 Å². The van der Waals surface area contributed by atoms with Crippen molar-refractivity contribution in [3.8, 4) is 11.4 Å². The quantitative estimate of drug-likeness (QED) is 0.160. The van der Waals surface area contributed by atoms with E-state index < -0.39 is 0 Å². The van der Waals surface area contributed by atoms with Crippen LogP contribution in [0.3, 0.4) is 0 Å². The van der Waals surface area contributed by atoms with E-state index in [0.29, 0.717) is 47.6 Å². The number of rotatable bonds is 12. The Kier molecular flexibility index (Phi) is 8.60. The number of nitrogens with one attached hydrogen (secondary N) is 2. The maximum absolute atomic E-state index is 12.7.